The molecule has 1 heterocycles. The van der Waals surface area contributed by atoms with Crippen LogP contribution in [0.2, 0.25) is 0 Å². The molecular weight excluding hydrogens is 322 g/mol. The van der Waals surface area contributed by atoms with E-state index in [0.29, 0.717) is 11.3 Å². The van der Waals surface area contributed by atoms with Crippen molar-refractivity contribution in [3.05, 3.63) is 114 Å². The topological polar surface area (TPSA) is 39.2 Å². The Balaban J connectivity index is 1.74. The van der Waals surface area contributed by atoms with Crippen LogP contribution in [0.5, 0.6) is 0 Å². The van der Waals surface area contributed by atoms with Gasteiger partial charge in [0.25, 0.3) is 0 Å². The predicted molar refractivity (Wildman–Crippen MR) is 102 cm³/mol. The van der Waals surface area contributed by atoms with Gasteiger partial charge < -0.3 is 4.74 Å². The minimum Gasteiger partial charge on any atom is -0.447 e. The molecule has 3 nitrogen and oxygen atoms in total. The summed E-state index contributed by atoms with van der Waals surface area (Å²) in [5.41, 5.74) is 3.00. The molecule has 0 radical (unpaired) electrons. The first-order valence-corrected chi connectivity index (χ1v) is 8.48. The number of hydrogen-bond donors (Lipinski definition) is 0. The highest BCUT2D eigenvalue weighted by molar-refractivity contribution is 5.89. The molecule has 0 fully saturated rings. The van der Waals surface area contributed by atoms with Crippen LogP contribution >= 0.6 is 0 Å². The quantitative estimate of drug-likeness (QED) is 0.481. The highest BCUT2D eigenvalue weighted by atomic mass is 16.5. The number of para-hydroxylation sites is 1. The van der Waals surface area contributed by atoms with Gasteiger partial charge in [0.2, 0.25) is 0 Å². The largest absolute Gasteiger partial charge is 0.447 e. The Morgan fingerprint density at radius 1 is 0.731 bits per heavy atom. The number of esters is 1. The van der Waals surface area contributed by atoms with Crippen molar-refractivity contribution in [2.75, 3.05) is 0 Å². The van der Waals surface area contributed by atoms with E-state index in [9.17, 15) is 4.79 Å². The van der Waals surface area contributed by atoms with Crippen LogP contribution < -0.4 is 0 Å². The molecule has 0 unspecified atom stereocenters. The highest BCUT2D eigenvalue weighted by Gasteiger charge is 2.21. The summed E-state index contributed by atoms with van der Waals surface area (Å²) in [4.78, 5) is 17.3. The fourth-order valence-corrected chi connectivity index (χ4v) is 2.90. The van der Waals surface area contributed by atoms with E-state index in [-0.39, 0.29) is 5.97 Å². The molecule has 126 valence electrons. The lowest BCUT2D eigenvalue weighted by atomic mass is 10.0. The van der Waals surface area contributed by atoms with Gasteiger partial charge in [-0.15, -0.1) is 0 Å². The molecule has 0 amide bonds. The molecule has 0 bridgehead atoms. The van der Waals surface area contributed by atoms with Crippen LogP contribution in [0.3, 0.4) is 0 Å². The van der Waals surface area contributed by atoms with E-state index in [1.807, 2.05) is 84.9 Å². The molecule has 0 aliphatic rings. The van der Waals surface area contributed by atoms with Crippen LogP contribution in [0.1, 0.15) is 27.7 Å². The van der Waals surface area contributed by atoms with Gasteiger partial charge in [0, 0.05) is 5.39 Å². The van der Waals surface area contributed by atoms with Gasteiger partial charge >= 0.3 is 5.97 Å². The lowest BCUT2D eigenvalue weighted by molar-refractivity contribution is 0.0371. The molecule has 0 saturated heterocycles. The maximum absolute atomic E-state index is 12.6. The first-order chi connectivity index (χ1) is 12.8. The number of ether oxygens (including phenoxy) is 1. The van der Waals surface area contributed by atoms with Gasteiger partial charge in [-0.1, -0.05) is 72.8 Å². The van der Waals surface area contributed by atoms with Gasteiger partial charge in [0.05, 0.1) is 16.8 Å². The number of carbonyl (C=O) groups is 1. The molecule has 1 aromatic heterocycles. The highest BCUT2D eigenvalue weighted by Crippen LogP contribution is 2.27. The standard InChI is InChI=1S/C23H17NO2/c25-23(19-12-5-2-6-13-19)26-22(18-10-3-1-4-11-18)21-16-15-17-9-7-8-14-20(17)24-21/h1-16,22H/t22-/m0/s1. The molecule has 1 atom stereocenters. The van der Waals surface area contributed by atoms with Crippen LogP contribution in [0.15, 0.2) is 97.1 Å². The van der Waals surface area contributed by atoms with Crippen molar-refractivity contribution in [1.29, 1.82) is 0 Å². The van der Waals surface area contributed by atoms with Gasteiger partial charge in [0.1, 0.15) is 0 Å². The van der Waals surface area contributed by atoms with Crippen molar-refractivity contribution in [1.82, 2.24) is 4.98 Å². The summed E-state index contributed by atoms with van der Waals surface area (Å²) >= 11 is 0. The molecule has 4 aromatic rings. The summed E-state index contributed by atoms with van der Waals surface area (Å²) in [5, 5.41) is 1.05. The second-order valence-electron chi connectivity index (χ2n) is 5.99. The second-order valence-corrected chi connectivity index (χ2v) is 5.99. The molecule has 0 saturated carbocycles. The van der Waals surface area contributed by atoms with E-state index >= 15 is 0 Å². The van der Waals surface area contributed by atoms with Crippen LogP contribution in [0.25, 0.3) is 10.9 Å². The van der Waals surface area contributed by atoms with E-state index in [1.165, 1.54) is 0 Å². The Kier molecular flexibility index (Phi) is 4.44. The Bertz CT molecular complexity index is 1030. The number of aromatic nitrogens is 1. The van der Waals surface area contributed by atoms with Crippen LogP contribution in [-0.4, -0.2) is 11.0 Å². The summed E-state index contributed by atoms with van der Waals surface area (Å²) < 4.78 is 5.86. The molecular formula is C23H17NO2. The zero-order chi connectivity index (χ0) is 17.8. The fraction of sp³-hybridized carbons (Fsp3) is 0.0435. The molecule has 4 rings (SSSR count). The van der Waals surface area contributed by atoms with Crippen LogP contribution in [-0.2, 0) is 4.74 Å². The van der Waals surface area contributed by atoms with E-state index < -0.39 is 6.10 Å². The van der Waals surface area contributed by atoms with Crippen LogP contribution in [0.4, 0.5) is 0 Å². The number of pyridine rings is 1. The number of rotatable bonds is 4. The lowest BCUT2D eigenvalue weighted by Gasteiger charge is -2.18. The SMILES string of the molecule is O=C(O[C@@H](c1ccccc1)c1ccc2ccccc2n1)c1ccccc1. The first-order valence-electron chi connectivity index (χ1n) is 8.48. The maximum atomic E-state index is 12.6. The van der Waals surface area contributed by atoms with Gasteiger partial charge in [0.15, 0.2) is 6.10 Å². The molecule has 3 aromatic carbocycles. The van der Waals surface area contributed by atoms with Crippen molar-refractivity contribution < 1.29 is 9.53 Å². The van der Waals surface area contributed by atoms with Gasteiger partial charge in [-0.05, 0) is 29.8 Å². The normalized spacial score (nSPS) is 11.8. The molecule has 0 aliphatic heterocycles. The van der Waals surface area contributed by atoms with E-state index in [2.05, 4.69) is 0 Å². The first kappa shape index (κ1) is 16.0. The van der Waals surface area contributed by atoms with Crippen molar-refractivity contribution in [2.24, 2.45) is 0 Å². The lowest BCUT2D eigenvalue weighted by Crippen LogP contribution is -2.14. The number of hydrogen-bond acceptors (Lipinski definition) is 3. The molecule has 26 heavy (non-hydrogen) atoms. The molecule has 0 spiro atoms. The monoisotopic (exact) mass is 339 g/mol. The third-order valence-corrected chi connectivity index (χ3v) is 4.23. The smallest absolute Gasteiger partial charge is 0.339 e. The zero-order valence-corrected chi connectivity index (χ0v) is 14.1. The van der Waals surface area contributed by atoms with Gasteiger partial charge in [-0.3, -0.25) is 0 Å². The maximum Gasteiger partial charge on any atom is 0.339 e. The third kappa shape index (κ3) is 3.33. The number of benzene rings is 3. The van der Waals surface area contributed by atoms with Gasteiger partial charge in [-0.25, -0.2) is 9.78 Å². The van der Waals surface area contributed by atoms with Gasteiger partial charge in [-0.2, -0.15) is 0 Å². The summed E-state index contributed by atoms with van der Waals surface area (Å²) in [6, 6.07) is 30.5. The van der Waals surface area contributed by atoms with Crippen molar-refractivity contribution >= 4 is 16.9 Å². The predicted octanol–water partition coefficient (Wildman–Crippen LogP) is 5.18. The van der Waals surface area contributed by atoms with E-state index in [1.54, 1.807) is 12.1 Å². The minimum atomic E-state index is -0.562. The van der Waals surface area contributed by atoms with E-state index in [0.717, 1.165) is 16.5 Å². The van der Waals surface area contributed by atoms with Crippen molar-refractivity contribution in [3.8, 4) is 0 Å². The molecule has 0 aliphatic carbocycles. The number of fused-ring (bicyclic) bond motifs is 1. The number of carbonyl (C=O) groups excluding carboxylic acids is 1. The Hall–Kier alpha value is -3.46. The zero-order valence-electron chi connectivity index (χ0n) is 14.1. The summed E-state index contributed by atoms with van der Waals surface area (Å²) in [7, 11) is 0. The number of nitrogens with zero attached hydrogens (tertiary/aromatic N) is 1. The van der Waals surface area contributed by atoms with Crippen molar-refractivity contribution in [2.45, 2.75) is 6.10 Å². The average molecular weight is 339 g/mol. The summed E-state index contributed by atoms with van der Waals surface area (Å²) in [6.07, 6.45) is -0.562. The van der Waals surface area contributed by atoms with E-state index in [4.69, 9.17) is 9.72 Å². The van der Waals surface area contributed by atoms with Crippen molar-refractivity contribution in [3.63, 3.8) is 0 Å². The minimum absolute atomic E-state index is 0.366. The summed E-state index contributed by atoms with van der Waals surface area (Å²) in [6.45, 7) is 0. The Morgan fingerprint density at radius 3 is 2.15 bits per heavy atom. The average Bonchev–Trinajstić information content (AvgIpc) is 2.73. The fourth-order valence-electron chi connectivity index (χ4n) is 2.90. The Labute approximate surface area is 151 Å². The molecule has 0 N–H and O–H groups in total. The second kappa shape index (κ2) is 7.19. The molecule has 3 heteroatoms. The third-order valence-electron chi connectivity index (χ3n) is 4.23. The summed E-state index contributed by atoms with van der Waals surface area (Å²) in [5.74, 6) is -0.366. The van der Waals surface area contributed by atoms with Crippen LogP contribution in [0, 0.1) is 0 Å². The Morgan fingerprint density at radius 2 is 1.38 bits per heavy atom.